The molecule has 4 rings (SSSR count). The quantitative estimate of drug-likeness (QED) is 0.198. The SMILES string of the molecule is COC(=O)[C@@H](Cc1ccccc1)C(=O)N[C@@H](Cc1ccc(S(=O)(=O)ON)cc1)c1nc(C2CCCCC2)cs1. The van der Waals surface area contributed by atoms with Crippen molar-refractivity contribution < 1.29 is 27.0 Å². The number of ether oxygens (including phenoxy) is 1. The Hall–Kier alpha value is -3.12. The monoisotopic (exact) mass is 571 g/mol. The number of esters is 1. The molecule has 0 bridgehead atoms. The van der Waals surface area contributed by atoms with E-state index in [4.69, 9.17) is 15.6 Å². The van der Waals surface area contributed by atoms with Crippen LogP contribution in [0.5, 0.6) is 0 Å². The van der Waals surface area contributed by atoms with Crippen LogP contribution in [0.15, 0.2) is 64.9 Å². The van der Waals surface area contributed by atoms with Gasteiger partial charge in [0.1, 0.15) is 10.9 Å². The van der Waals surface area contributed by atoms with Gasteiger partial charge in [-0.1, -0.05) is 61.7 Å². The van der Waals surface area contributed by atoms with Gasteiger partial charge in [-0.05, 0) is 48.9 Å². The average molecular weight is 572 g/mol. The first-order valence-corrected chi connectivity index (χ1v) is 15.2. The molecule has 1 aromatic heterocycles. The highest BCUT2D eigenvalue weighted by molar-refractivity contribution is 7.86. The number of thiazole rings is 1. The lowest BCUT2D eigenvalue weighted by molar-refractivity contribution is -0.150. The molecular formula is C28H33N3O6S2. The minimum absolute atomic E-state index is 0.0724. The Morgan fingerprint density at radius 2 is 1.69 bits per heavy atom. The van der Waals surface area contributed by atoms with Gasteiger partial charge in [0.05, 0.1) is 23.7 Å². The van der Waals surface area contributed by atoms with Gasteiger partial charge in [-0.2, -0.15) is 18.6 Å². The zero-order valence-electron chi connectivity index (χ0n) is 21.7. The summed E-state index contributed by atoms with van der Waals surface area (Å²) in [5.41, 5.74) is 2.64. The number of rotatable bonds is 11. The van der Waals surface area contributed by atoms with Crippen molar-refractivity contribution in [3.8, 4) is 0 Å². The summed E-state index contributed by atoms with van der Waals surface area (Å²) in [5.74, 6) is 3.19. The maximum absolute atomic E-state index is 13.5. The van der Waals surface area contributed by atoms with Crippen LogP contribution in [0.2, 0.25) is 0 Å². The second-order valence-corrected chi connectivity index (χ2v) is 12.1. The van der Waals surface area contributed by atoms with Gasteiger partial charge >= 0.3 is 16.1 Å². The number of nitrogens with zero attached hydrogens (tertiary/aromatic N) is 1. The van der Waals surface area contributed by atoms with Crippen LogP contribution >= 0.6 is 11.3 Å². The number of nitrogens with one attached hydrogen (secondary N) is 1. The number of benzene rings is 2. The predicted octanol–water partition coefficient (Wildman–Crippen LogP) is 4.20. The molecule has 1 heterocycles. The Morgan fingerprint density at radius 3 is 2.33 bits per heavy atom. The maximum atomic E-state index is 13.5. The first-order chi connectivity index (χ1) is 18.8. The van der Waals surface area contributed by atoms with Crippen LogP contribution in [-0.4, -0.2) is 32.4 Å². The van der Waals surface area contributed by atoms with Crippen LogP contribution in [0.1, 0.15) is 65.9 Å². The summed E-state index contributed by atoms with van der Waals surface area (Å²) in [6.07, 6.45) is 6.33. The van der Waals surface area contributed by atoms with Crippen molar-refractivity contribution in [2.45, 2.75) is 61.8 Å². The minimum Gasteiger partial charge on any atom is -0.468 e. The topological polar surface area (TPSA) is 138 Å². The number of carbonyl (C=O) groups excluding carboxylic acids is 2. The second-order valence-electron chi connectivity index (χ2n) is 9.67. The summed E-state index contributed by atoms with van der Waals surface area (Å²) in [6, 6.07) is 14.9. The number of carbonyl (C=O) groups is 2. The van der Waals surface area contributed by atoms with Gasteiger partial charge in [-0.3, -0.25) is 9.59 Å². The second kappa shape index (κ2) is 13.3. The van der Waals surface area contributed by atoms with Crippen LogP contribution in [0.3, 0.4) is 0 Å². The Morgan fingerprint density at radius 1 is 1.03 bits per heavy atom. The normalized spacial score (nSPS) is 15.8. The lowest BCUT2D eigenvalue weighted by Crippen LogP contribution is -2.40. The molecule has 3 aromatic rings. The van der Waals surface area contributed by atoms with E-state index < -0.39 is 34.0 Å². The third kappa shape index (κ3) is 7.51. The molecule has 39 heavy (non-hydrogen) atoms. The van der Waals surface area contributed by atoms with Crippen LogP contribution in [-0.2, 0) is 41.6 Å². The van der Waals surface area contributed by atoms with Crippen molar-refractivity contribution in [2.75, 3.05) is 7.11 Å². The van der Waals surface area contributed by atoms with E-state index in [1.807, 2.05) is 30.3 Å². The first-order valence-electron chi connectivity index (χ1n) is 12.9. The van der Waals surface area contributed by atoms with Gasteiger partial charge in [-0.15, -0.1) is 11.3 Å². The van der Waals surface area contributed by atoms with E-state index in [1.54, 1.807) is 12.1 Å². The van der Waals surface area contributed by atoms with E-state index in [0.717, 1.165) is 34.7 Å². The van der Waals surface area contributed by atoms with Crippen molar-refractivity contribution in [3.63, 3.8) is 0 Å². The summed E-state index contributed by atoms with van der Waals surface area (Å²) < 4.78 is 32.9. The third-order valence-electron chi connectivity index (χ3n) is 7.04. The molecule has 1 saturated carbocycles. The van der Waals surface area contributed by atoms with Crippen molar-refractivity contribution in [3.05, 3.63) is 81.8 Å². The molecule has 208 valence electrons. The van der Waals surface area contributed by atoms with E-state index >= 15 is 0 Å². The summed E-state index contributed by atoms with van der Waals surface area (Å²) in [4.78, 5) is 31.0. The summed E-state index contributed by atoms with van der Waals surface area (Å²) >= 11 is 1.48. The fourth-order valence-electron chi connectivity index (χ4n) is 4.88. The van der Waals surface area contributed by atoms with Crippen LogP contribution in [0, 0.1) is 5.92 Å². The number of amides is 1. The van der Waals surface area contributed by atoms with Crippen molar-refractivity contribution >= 4 is 33.3 Å². The number of nitrogens with two attached hydrogens (primary N) is 1. The number of methoxy groups -OCH3 is 1. The molecule has 11 heteroatoms. The number of hydrogen-bond donors (Lipinski definition) is 2. The van der Waals surface area contributed by atoms with Gasteiger partial charge < -0.3 is 10.1 Å². The van der Waals surface area contributed by atoms with Crippen molar-refractivity contribution in [2.24, 2.45) is 11.8 Å². The van der Waals surface area contributed by atoms with Crippen LogP contribution < -0.4 is 11.2 Å². The number of hydrogen-bond acceptors (Lipinski definition) is 9. The molecule has 0 saturated heterocycles. The molecular weight excluding hydrogens is 538 g/mol. The van der Waals surface area contributed by atoms with Gasteiger partial charge in [0.15, 0.2) is 0 Å². The molecule has 1 aliphatic carbocycles. The standard InChI is InChI=1S/C28H33N3O6S2/c1-36-28(33)23(16-19-8-4-2-5-9-19)26(32)30-24(17-20-12-14-22(15-13-20)39(34,35)37-29)27-31-25(18-38-27)21-10-6-3-7-11-21/h2,4-5,8-9,12-15,18,21,23-24H,3,6-7,10-11,16-17,29H2,1H3,(H,30,32)/t23-,24-/m0/s1. The van der Waals surface area contributed by atoms with Gasteiger partial charge in [-0.25, -0.2) is 4.98 Å². The zero-order valence-corrected chi connectivity index (χ0v) is 23.4. The highest BCUT2D eigenvalue weighted by Gasteiger charge is 2.31. The number of aromatic nitrogens is 1. The van der Waals surface area contributed by atoms with Gasteiger partial charge in [0.2, 0.25) is 5.91 Å². The minimum atomic E-state index is -4.03. The van der Waals surface area contributed by atoms with Crippen LogP contribution in [0.25, 0.3) is 0 Å². The Kier molecular flexibility index (Phi) is 9.84. The van der Waals surface area contributed by atoms with Crippen LogP contribution in [0.4, 0.5) is 0 Å². The Bertz CT molecular complexity index is 1350. The van der Waals surface area contributed by atoms with Gasteiger partial charge in [0.25, 0.3) is 0 Å². The van der Waals surface area contributed by atoms with Gasteiger partial charge in [0, 0.05) is 11.3 Å². The fourth-order valence-corrected chi connectivity index (χ4v) is 6.41. The molecule has 3 N–H and O–H groups in total. The molecule has 1 fully saturated rings. The fraction of sp³-hybridized carbons (Fsp3) is 0.393. The van der Waals surface area contributed by atoms with Crippen molar-refractivity contribution in [1.82, 2.24) is 10.3 Å². The molecule has 0 unspecified atom stereocenters. The molecule has 0 aliphatic heterocycles. The Labute approximate surface area is 232 Å². The smallest absolute Gasteiger partial charge is 0.318 e. The molecule has 9 nitrogen and oxygen atoms in total. The lowest BCUT2D eigenvalue weighted by atomic mass is 9.87. The molecule has 2 atom stereocenters. The molecule has 1 aliphatic rings. The molecule has 2 aromatic carbocycles. The van der Waals surface area contributed by atoms with E-state index in [0.29, 0.717) is 12.3 Å². The summed E-state index contributed by atoms with van der Waals surface area (Å²) in [5, 5.41) is 5.82. The lowest BCUT2D eigenvalue weighted by Gasteiger charge is -2.22. The van der Waals surface area contributed by atoms with E-state index in [2.05, 4.69) is 15.0 Å². The molecule has 1 amide bonds. The zero-order chi connectivity index (χ0) is 27.8. The molecule has 0 spiro atoms. The predicted molar refractivity (Wildman–Crippen MR) is 147 cm³/mol. The van der Waals surface area contributed by atoms with E-state index in [-0.39, 0.29) is 11.3 Å². The first kappa shape index (κ1) is 28.9. The molecule has 0 radical (unpaired) electrons. The highest BCUT2D eigenvalue weighted by Crippen LogP contribution is 2.35. The highest BCUT2D eigenvalue weighted by atomic mass is 32.2. The summed E-state index contributed by atoms with van der Waals surface area (Å²) in [7, 11) is -2.76. The Balaban J connectivity index is 1.59. The van der Waals surface area contributed by atoms with E-state index in [9.17, 15) is 18.0 Å². The van der Waals surface area contributed by atoms with E-state index in [1.165, 1.54) is 49.8 Å². The average Bonchev–Trinajstić information content (AvgIpc) is 3.47. The largest absolute Gasteiger partial charge is 0.468 e. The summed E-state index contributed by atoms with van der Waals surface area (Å²) in [6.45, 7) is 0. The third-order valence-corrected chi connectivity index (χ3v) is 9.12. The van der Waals surface area contributed by atoms with Crippen molar-refractivity contribution in [1.29, 1.82) is 0 Å². The maximum Gasteiger partial charge on any atom is 0.318 e.